The maximum absolute atomic E-state index is 11.3. The summed E-state index contributed by atoms with van der Waals surface area (Å²) in [4.78, 5) is 12.8. The number of piperidine rings is 1. The maximum atomic E-state index is 11.3. The second kappa shape index (κ2) is 3.21. The quantitative estimate of drug-likeness (QED) is 0.805. The highest BCUT2D eigenvalue weighted by molar-refractivity contribution is 5.69. The van der Waals surface area contributed by atoms with E-state index in [2.05, 4.69) is 17.1 Å². The monoisotopic (exact) mass is 237 g/mol. The van der Waals surface area contributed by atoms with E-state index in [-0.39, 0.29) is 6.04 Å². The lowest BCUT2D eigenvalue weighted by Crippen LogP contribution is -2.69. The first-order valence-electron chi connectivity index (χ1n) is 5.86. The average Bonchev–Trinajstić information content (AvgIpc) is 2.62. The second-order valence-corrected chi connectivity index (χ2v) is 5.21. The van der Waals surface area contributed by atoms with E-state index in [1.807, 2.05) is 0 Å². The molecular formula is C11H15N3O3. The Bertz CT molecular complexity index is 472. The SMILES string of the molecule is Cc1nnc(C23CC(C)CC(C2)N3C(=O)O)o1. The van der Waals surface area contributed by atoms with Gasteiger partial charge in [-0.1, -0.05) is 6.92 Å². The van der Waals surface area contributed by atoms with Gasteiger partial charge in [-0.25, -0.2) is 4.79 Å². The number of rotatable bonds is 1. The Hall–Kier alpha value is -1.59. The number of nitrogens with zero attached hydrogens (tertiary/aromatic N) is 3. The summed E-state index contributed by atoms with van der Waals surface area (Å²) in [7, 11) is 0. The summed E-state index contributed by atoms with van der Waals surface area (Å²) in [6.45, 7) is 3.87. The van der Waals surface area contributed by atoms with Gasteiger partial charge in [-0.15, -0.1) is 10.2 Å². The molecule has 6 heteroatoms. The van der Waals surface area contributed by atoms with E-state index < -0.39 is 11.6 Å². The van der Waals surface area contributed by atoms with E-state index in [4.69, 9.17) is 4.42 Å². The van der Waals surface area contributed by atoms with Gasteiger partial charge in [0.05, 0.1) is 0 Å². The highest BCUT2D eigenvalue weighted by Crippen LogP contribution is 2.55. The molecule has 0 spiro atoms. The molecule has 3 fully saturated rings. The van der Waals surface area contributed by atoms with E-state index in [0.29, 0.717) is 17.7 Å². The maximum Gasteiger partial charge on any atom is 0.408 e. The fraction of sp³-hybridized carbons (Fsp3) is 0.727. The summed E-state index contributed by atoms with van der Waals surface area (Å²) in [6, 6.07) is 0.114. The van der Waals surface area contributed by atoms with Crippen LogP contribution >= 0.6 is 0 Å². The minimum atomic E-state index is -0.885. The second-order valence-electron chi connectivity index (χ2n) is 5.21. The lowest BCUT2D eigenvalue weighted by molar-refractivity contribution is -0.125. The standard InChI is InChI=1S/C11H15N3O3/c1-6-3-8-5-11(4-6,14(8)10(15)16)9-13-12-7(2)17-9/h6,8H,3-5H2,1-2H3,(H,15,16). The van der Waals surface area contributed by atoms with E-state index in [1.54, 1.807) is 6.92 Å². The first-order chi connectivity index (χ1) is 8.03. The van der Waals surface area contributed by atoms with Crippen LogP contribution in [-0.2, 0) is 5.54 Å². The molecule has 3 unspecified atom stereocenters. The minimum Gasteiger partial charge on any atom is -0.465 e. The Labute approximate surface area is 98.6 Å². The van der Waals surface area contributed by atoms with Gasteiger partial charge in [0, 0.05) is 19.4 Å². The highest BCUT2D eigenvalue weighted by atomic mass is 16.4. The molecule has 3 heterocycles. The third kappa shape index (κ3) is 1.29. The van der Waals surface area contributed by atoms with Crippen molar-refractivity contribution >= 4 is 6.09 Å². The summed E-state index contributed by atoms with van der Waals surface area (Å²) < 4.78 is 5.47. The van der Waals surface area contributed by atoms with Crippen LogP contribution in [0.4, 0.5) is 4.79 Å². The van der Waals surface area contributed by atoms with Crippen LogP contribution in [0.5, 0.6) is 0 Å². The summed E-state index contributed by atoms with van der Waals surface area (Å²) in [6.07, 6.45) is 1.63. The van der Waals surface area contributed by atoms with Gasteiger partial charge in [-0.3, -0.25) is 4.90 Å². The van der Waals surface area contributed by atoms with Crippen LogP contribution < -0.4 is 0 Å². The zero-order valence-corrected chi connectivity index (χ0v) is 9.88. The van der Waals surface area contributed by atoms with Crippen LogP contribution in [0.3, 0.4) is 0 Å². The molecule has 2 saturated heterocycles. The fourth-order valence-electron chi connectivity index (χ4n) is 3.41. The van der Waals surface area contributed by atoms with Crippen LogP contribution in [0, 0.1) is 12.8 Å². The van der Waals surface area contributed by atoms with Crippen LogP contribution in [0.15, 0.2) is 4.42 Å². The van der Waals surface area contributed by atoms with Crippen molar-refractivity contribution in [3.8, 4) is 0 Å². The Kier molecular flexibility index (Phi) is 1.99. The fourth-order valence-corrected chi connectivity index (χ4v) is 3.41. The lowest BCUT2D eigenvalue weighted by atomic mass is 9.64. The van der Waals surface area contributed by atoms with Crippen molar-refractivity contribution in [3.05, 3.63) is 11.8 Å². The number of hydrogen-bond acceptors (Lipinski definition) is 4. The van der Waals surface area contributed by atoms with Gasteiger partial charge >= 0.3 is 6.09 Å². The Morgan fingerprint density at radius 3 is 2.88 bits per heavy atom. The number of amides is 1. The Morgan fingerprint density at radius 1 is 1.53 bits per heavy atom. The molecule has 1 N–H and O–H groups in total. The lowest BCUT2D eigenvalue weighted by Gasteiger charge is -2.60. The van der Waals surface area contributed by atoms with Crippen molar-refractivity contribution < 1.29 is 14.3 Å². The largest absolute Gasteiger partial charge is 0.465 e. The van der Waals surface area contributed by atoms with Crippen molar-refractivity contribution in [3.63, 3.8) is 0 Å². The van der Waals surface area contributed by atoms with Gasteiger partial charge in [0.1, 0.15) is 5.54 Å². The Balaban J connectivity index is 2.01. The zero-order chi connectivity index (χ0) is 12.2. The van der Waals surface area contributed by atoms with Crippen molar-refractivity contribution in [2.45, 2.75) is 44.7 Å². The number of fused-ring (bicyclic) bond motifs is 2. The van der Waals surface area contributed by atoms with Crippen LogP contribution in [-0.4, -0.2) is 32.3 Å². The van der Waals surface area contributed by atoms with E-state index in [9.17, 15) is 9.90 Å². The number of carbonyl (C=O) groups is 1. The minimum absolute atomic E-state index is 0.114. The van der Waals surface area contributed by atoms with Crippen molar-refractivity contribution in [1.82, 2.24) is 15.1 Å². The molecule has 0 radical (unpaired) electrons. The van der Waals surface area contributed by atoms with Gasteiger partial charge in [-0.2, -0.15) is 0 Å². The van der Waals surface area contributed by atoms with E-state index in [1.165, 1.54) is 4.90 Å². The third-order valence-electron chi connectivity index (χ3n) is 3.89. The molecule has 2 aliphatic heterocycles. The topological polar surface area (TPSA) is 79.5 Å². The average molecular weight is 237 g/mol. The molecule has 1 aromatic heterocycles. The molecule has 1 saturated carbocycles. The van der Waals surface area contributed by atoms with Gasteiger partial charge in [-0.05, 0) is 18.8 Å². The number of carboxylic acid groups (broad SMARTS) is 1. The Morgan fingerprint density at radius 2 is 2.29 bits per heavy atom. The van der Waals surface area contributed by atoms with E-state index in [0.717, 1.165) is 19.3 Å². The predicted molar refractivity (Wildman–Crippen MR) is 57.4 cm³/mol. The molecule has 3 aliphatic rings. The van der Waals surface area contributed by atoms with Gasteiger partial charge < -0.3 is 9.52 Å². The molecule has 1 aromatic rings. The van der Waals surface area contributed by atoms with Gasteiger partial charge in [0.2, 0.25) is 11.8 Å². The van der Waals surface area contributed by atoms with Crippen molar-refractivity contribution in [1.29, 1.82) is 0 Å². The number of aromatic nitrogens is 2. The van der Waals surface area contributed by atoms with Crippen LogP contribution in [0.2, 0.25) is 0 Å². The molecule has 17 heavy (non-hydrogen) atoms. The molecule has 92 valence electrons. The summed E-state index contributed by atoms with van der Waals surface area (Å²) in [5.74, 6) is 1.44. The van der Waals surface area contributed by atoms with Crippen molar-refractivity contribution in [2.75, 3.05) is 0 Å². The molecular weight excluding hydrogens is 222 g/mol. The molecule has 1 aliphatic carbocycles. The molecule has 2 bridgehead atoms. The first-order valence-corrected chi connectivity index (χ1v) is 5.86. The number of aryl methyl sites for hydroxylation is 1. The molecule has 6 nitrogen and oxygen atoms in total. The molecule has 3 atom stereocenters. The van der Waals surface area contributed by atoms with Gasteiger partial charge in [0.25, 0.3) is 0 Å². The van der Waals surface area contributed by atoms with E-state index >= 15 is 0 Å². The predicted octanol–water partition coefficient (Wildman–Crippen LogP) is 1.76. The zero-order valence-electron chi connectivity index (χ0n) is 9.88. The van der Waals surface area contributed by atoms with Gasteiger partial charge in [0.15, 0.2) is 0 Å². The molecule has 4 rings (SSSR count). The summed E-state index contributed by atoms with van der Waals surface area (Å²) in [5, 5.41) is 17.1. The molecule has 1 amide bonds. The summed E-state index contributed by atoms with van der Waals surface area (Å²) >= 11 is 0. The number of hydrogen-bond donors (Lipinski definition) is 1. The smallest absolute Gasteiger partial charge is 0.408 e. The molecule has 0 aromatic carbocycles. The normalized spacial score (nSPS) is 35.5. The highest BCUT2D eigenvalue weighted by Gasteiger charge is 2.62. The first kappa shape index (κ1) is 10.6. The van der Waals surface area contributed by atoms with Crippen LogP contribution in [0.25, 0.3) is 0 Å². The van der Waals surface area contributed by atoms with Crippen molar-refractivity contribution in [2.24, 2.45) is 5.92 Å². The van der Waals surface area contributed by atoms with Crippen LogP contribution in [0.1, 0.15) is 38.0 Å². The third-order valence-corrected chi connectivity index (χ3v) is 3.89. The summed E-state index contributed by atoms with van der Waals surface area (Å²) in [5.41, 5.74) is -0.560.